The summed E-state index contributed by atoms with van der Waals surface area (Å²) in [5.74, 6) is 0. The number of allylic oxidation sites excluding steroid dienone is 3. The Labute approximate surface area is 49.4 Å². The molecule has 0 bridgehead atoms. The summed E-state index contributed by atoms with van der Waals surface area (Å²) in [6.07, 6.45) is 12.0. The van der Waals surface area contributed by atoms with Gasteiger partial charge in [-0.15, -0.1) is 0 Å². The van der Waals surface area contributed by atoms with Crippen molar-refractivity contribution in [1.82, 2.24) is 0 Å². The smallest absolute Gasteiger partial charge is 0.0263 e. The molecule has 0 saturated heterocycles. The van der Waals surface area contributed by atoms with Crippen LogP contribution < -0.4 is 0 Å². The first-order valence-electron chi connectivity index (χ1n) is 2.83. The summed E-state index contributed by atoms with van der Waals surface area (Å²) in [7, 11) is 0. The molecule has 1 heteroatoms. The van der Waals surface area contributed by atoms with Gasteiger partial charge in [0.2, 0.25) is 0 Å². The minimum absolute atomic E-state index is 1.07. The van der Waals surface area contributed by atoms with E-state index in [0.717, 1.165) is 12.8 Å². The van der Waals surface area contributed by atoms with E-state index in [4.69, 9.17) is 0 Å². The zero-order chi connectivity index (χ0) is 5.66. The SMILES string of the molecule is C1=CCCC=N/C=C\1. The summed E-state index contributed by atoms with van der Waals surface area (Å²) in [6.45, 7) is 0. The molecule has 8 heavy (non-hydrogen) atoms. The second-order valence-electron chi connectivity index (χ2n) is 1.68. The zero-order valence-electron chi connectivity index (χ0n) is 4.75. The van der Waals surface area contributed by atoms with E-state index in [1.54, 1.807) is 6.20 Å². The van der Waals surface area contributed by atoms with Gasteiger partial charge in [-0.2, -0.15) is 0 Å². The Kier molecular flexibility index (Phi) is 2.11. The van der Waals surface area contributed by atoms with Gasteiger partial charge in [0.05, 0.1) is 0 Å². The van der Waals surface area contributed by atoms with Crippen LogP contribution in [-0.2, 0) is 0 Å². The Morgan fingerprint density at radius 2 is 2.12 bits per heavy atom. The highest BCUT2D eigenvalue weighted by molar-refractivity contribution is 5.58. The molecule has 1 aliphatic rings. The minimum atomic E-state index is 1.07. The molecule has 1 nitrogen and oxygen atoms in total. The molecular formula is C7H9N. The molecule has 0 spiro atoms. The van der Waals surface area contributed by atoms with Crippen LogP contribution in [0.3, 0.4) is 0 Å². The Morgan fingerprint density at radius 3 is 3.12 bits per heavy atom. The highest BCUT2D eigenvalue weighted by Crippen LogP contribution is 1.92. The molecule has 0 atom stereocenters. The van der Waals surface area contributed by atoms with Gasteiger partial charge in [0.15, 0.2) is 0 Å². The molecule has 1 heterocycles. The fourth-order valence-corrected chi connectivity index (χ4v) is 0.580. The van der Waals surface area contributed by atoms with Crippen molar-refractivity contribution in [3.63, 3.8) is 0 Å². The van der Waals surface area contributed by atoms with E-state index >= 15 is 0 Å². The summed E-state index contributed by atoms with van der Waals surface area (Å²) >= 11 is 0. The average molecular weight is 107 g/mol. The van der Waals surface area contributed by atoms with Crippen molar-refractivity contribution in [1.29, 1.82) is 0 Å². The maximum absolute atomic E-state index is 3.97. The summed E-state index contributed by atoms with van der Waals surface area (Å²) in [5.41, 5.74) is 0. The monoisotopic (exact) mass is 107 g/mol. The molecule has 1 rings (SSSR count). The molecule has 0 aliphatic carbocycles. The van der Waals surface area contributed by atoms with Crippen LogP contribution in [0.2, 0.25) is 0 Å². The average Bonchev–Trinajstić information content (AvgIpc) is 1.62. The zero-order valence-corrected chi connectivity index (χ0v) is 4.75. The van der Waals surface area contributed by atoms with Crippen LogP contribution in [0.5, 0.6) is 0 Å². The lowest BCUT2D eigenvalue weighted by molar-refractivity contribution is 1.11. The molecule has 0 saturated carbocycles. The Balaban J connectivity index is 2.51. The van der Waals surface area contributed by atoms with Crippen molar-refractivity contribution in [2.45, 2.75) is 12.8 Å². The Morgan fingerprint density at radius 1 is 1.12 bits per heavy atom. The van der Waals surface area contributed by atoms with E-state index < -0.39 is 0 Å². The number of hydrogen-bond acceptors (Lipinski definition) is 1. The van der Waals surface area contributed by atoms with Gasteiger partial charge in [0, 0.05) is 12.4 Å². The Bertz CT molecular complexity index is 115. The summed E-state index contributed by atoms with van der Waals surface area (Å²) in [5, 5.41) is 0. The summed E-state index contributed by atoms with van der Waals surface area (Å²) in [4.78, 5) is 3.97. The predicted molar refractivity (Wildman–Crippen MR) is 36.0 cm³/mol. The number of rotatable bonds is 0. The lowest BCUT2D eigenvalue weighted by Crippen LogP contribution is -1.73. The highest BCUT2D eigenvalue weighted by Gasteiger charge is 1.76. The van der Waals surface area contributed by atoms with E-state index in [9.17, 15) is 0 Å². The first-order chi connectivity index (χ1) is 4.00. The van der Waals surface area contributed by atoms with Crippen molar-refractivity contribution in [2.24, 2.45) is 4.99 Å². The van der Waals surface area contributed by atoms with Crippen LogP contribution in [0.15, 0.2) is 29.4 Å². The minimum Gasteiger partial charge on any atom is -0.269 e. The highest BCUT2D eigenvalue weighted by atomic mass is 14.7. The Hall–Kier alpha value is -0.850. The number of aliphatic imine (C=N–C) groups is 1. The molecule has 1 aliphatic heterocycles. The van der Waals surface area contributed by atoms with Crippen LogP contribution >= 0.6 is 0 Å². The fourth-order valence-electron chi connectivity index (χ4n) is 0.580. The molecule has 42 valence electrons. The molecule has 0 amide bonds. The maximum Gasteiger partial charge on any atom is 0.0263 e. The fraction of sp³-hybridized carbons (Fsp3) is 0.286. The van der Waals surface area contributed by atoms with Crippen LogP contribution in [0.25, 0.3) is 0 Å². The lowest BCUT2D eigenvalue weighted by atomic mass is 10.3. The topological polar surface area (TPSA) is 12.4 Å². The third-order valence-corrected chi connectivity index (χ3v) is 0.987. The van der Waals surface area contributed by atoms with Gasteiger partial charge in [0.1, 0.15) is 0 Å². The van der Waals surface area contributed by atoms with Gasteiger partial charge < -0.3 is 0 Å². The van der Waals surface area contributed by atoms with Crippen LogP contribution in [-0.4, -0.2) is 6.21 Å². The van der Waals surface area contributed by atoms with E-state index in [0.29, 0.717) is 0 Å². The summed E-state index contributed by atoms with van der Waals surface area (Å²) in [6, 6.07) is 0. The van der Waals surface area contributed by atoms with Gasteiger partial charge >= 0.3 is 0 Å². The molecule has 0 radical (unpaired) electrons. The molecule has 0 fully saturated rings. The van der Waals surface area contributed by atoms with Crippen molar-refractivity contribution < 1.29 is 0 Å². The van der Waals surface area contributed by atoms with Gasteiger partial charge in [-0.25, -0.2) is 0 Å². The number of hydrogen-bond donors (Lipinski definition) is 0. The van der Waals surface area contributed by atoms with Crippen molar-refractivity contribution >= 4 is 6.21 Å². The second-order valence-corrected chi connectivity index (χ2v) is 1.68. The standard InChI is InChI=1S/C7H9N/c1-2-4-6-8-7-5-3-1/h1-2,4,6-7H,3,5H2/b2-1?,6-4-,8-7?. The van der Waals surface area contributed by atoms with E-state index in [-0.39, 0.29) is 0 Å². The molecule has 0 N–H and O–H groups in total. The van der Waals surface area contributed by atoms with Gasteiger partial charge in [-0.3, -0.25) is 4.99 Å². The van der Waals surface area contributed by atoms with E-state index in [2.05, 4.69) is 11.1 Å². The van der Waals surface area contributed by atoms with Crippen LogP contribution in [0, 0.1) is 0 Å². The third kappa shape index (κ3) is 1.73. The molecule has 0 unspecified atom stereocenters. The third-order valence-electron chi connectivity index (χ3n) is 0.987. The van der Waals surface area contributed by atoms with Crippen molar-refractivity contribution in [3.05, 3.63) is 24.4 Å². The predicted octanol–water partition coefficient (Wildman–Crippen LogP) is 1.92. The van der Waals surface area contributed by atoms with Crippen LogP contribution in [0.1, 0.15) is 12.8 Å². The van der Waals surface area contributed by atoms with Crippen LogP contribution in [0.4, 0.5) is 0 Å². The molecule has 0 aromatic rings. The van der Waals surface area contributed by atoms with Gasteiger partial charge in [-0.1, -0.05) is 12.2 Å². The quantitative estimate of drug-likeness (QED) is 0.448. The molecular weight excluding hydrogens is 98.1 g/mol. The lowest BCUT2D eigenvalue weighted by Gasteiger charge is -1.86. The van der Waals surface area contributed by atoms with E-state index in [1.165, 1.54) is 0 Å². The molecule has 0 aromatic carbocycles. The second kappa shape index (κ2) is 3.19. The maximum atomic E-state index is 3.97. The molecule has 0 aromatic heterocycles. The van der Waals surface area contributed by atoms with Gasteiger partial charge in [-0.05, 0) is 18.9 Å². The van der Waals surface area contributed by atoms with Crippen molar-refractivity contribution in [3.8, 4) is 0 Å². The summed E-state index contributed by atoms with van der Waals surface area (Å²) < 4.78 is 0. The largest absolute Gasteiger partial charge is 0.269 e. The van der Waals surface area contributed by atoms with E-state index in [1.807, 2.05) is 18.4 Å². The van der Waals surface area contributed by atoms with Crippen molar-refractivity contribution in [2.75, 3.05) is 0 Å². The number of nitrogens with zero attached hydrogens (tertiary/aromatic N) is 1. The first-order valence-corrected chi connectivity index (χ1v) is 2.83. The first kappa shape index (κ1) is 5.29. The normalized spacial score (nSPS) is 22.0. The van der Waals surface area contributed by atoms with Gasteiger partial charge in [0.25, 0.3) is 0 Å².